The minimum absolute atomic E-state index is 0.146. The monoisotopic (exact) mass is 314 g/mol. The van der Waals surface area contributed by atoms with Gasteiger partial charge < -0.3 is 9.84 Å². The molecular formula is C13H18N2O5S. The Hall–Kier alpha value is -1.64. The number of nitrogens with zero attached hydrogens (tertiary/aromatic N) is 1. The van der Waals surface area contributed by atoms with Crippen molar-refractivity contribution in [3.63, 3.8) is 0 Å². The average Bonchev–Trinajstić information content (AvgIpc) is 2.67. The van der Waals surface area contributed by atoms with E-state index in [-0.39, 0.29) is 6.42 Å². The van der Waals surface area contributed by atoms with Crippen LogP contribution in [0.1, 0.15) is 12.0 Å². The Morgan fingerprint density at radius 2 is 2.14 bits per heavy atom. The lowest BCUT2D eigenvalue weighted by Crippen LogP contribution is -2.37. The van der Waals surface area contributed by atoms with Gasteiger partial charge >= 0.3 is 16.2 Å². The van der Waals surface area contributed by atoms with Crippen LogP contribution >= 0.6 is 0 Å². The van der Waals surface area contributed by atoms with Crippen molar-refractivity contribution in [1.82, 2.24) is 4.31 Å². The molecule has 1 fully saturated rings. The lowest BCUT2D eigenvalue weighted by Gasteiger charge is -2.20. The van der Waals surface area contributed by atoms with Crippen LogP contribution in [0.5, 0.6) is 0 Å². The van der Waals surface area contributed by atoms with E-state index in [1.54, 1.807) is 18.2 Å². The number of hydrogen-bond acceptors (Lipinski definition) is 4. The van der Waals surface area contributed by atoms with Gasteiger partial charge in [-0.25, -0.2) is 0 Å². The lowest BCUT2D eigenvalue weighted by atomic mass is 10.1. The average molecular weight is 314 g/mol. The highest BCUT2D eigenvalue weighted by molar-refractivity contribution is 7.90. The maximum absolute atomic E-state index is 12.3. The zero-order valence-electron chi connectivity index (χ0n) is 11.5. The van der Waals surface area contributed by atoms with Crippen LogP contribution in [-0.4, -0.2) is 50.1 Å². The molecule has 1 aromatic rings. The Labute approximate surface area is 123 Å². The third-order valence-electron chi connectivity index (χ3n) is 3.05. The lowest BCUT2D eigenvalue weighted by molar-refractivity contribution is -0.136. The Kier molecular flexibility index (Phi) is 5.16. The van der Waals surface area contributed by atoms with Crippen LogP contribution in [-0.2, 0) is 26.2 Å². The molecule has 1 aliphatic heterocycles. The molecule has 0 saturated carbocycles. The van der Waals surface area contributed by atoms with Gasteiger partial charge in [-0.15, -0.1) is 0 Å². The summed E-state index contributed by atoms with van der Waals surface area (Å²) >= 11 is 0. The fraction of sp³-hybridized carbons (Fsp3) is 0.462. The predicted octanol–water partition coefficient (Wildman–Crippen LogP) is 0.693. The summed E-state index contributed by atoms with van der Waals surface area (Å²) in [5, 5.41) is 8.76. The first-order valence-corrected chi connectivity index (χ1v) is 8.08. The van der Waals surface area contributed by atoms with Crippen molar-refractivity contribution in [2.45, 2.75) is 12.8 Å². The first kappa shape index (κ1) is 15.7. The quantitative estimate of drug-likeness (QED) is 0.834. The van der Waals surface area contributed by atoms with E-state index in [9.17, 15) is 13.2 Å². The number of ether oxygens (including phenoxy) is 1. The molecule has 1 heterocycles. The minimum Gasteiger partial charge on any atom is -0.481 e. The highest BCUT2D eigenvalue weighted by Crippen LogP contribution is 2.15. The molecule has 116 valence electrons. The van der Waals surface area contributed by atoms with Crippen molar-refractivity contribution in [2.75, 3.05) is 31.0 Å². The topological polar surface area (TPSA) is 95.9 Å². The molecule has 0 aliphatic carbocycles. The van der Waals surface area contributed by atoms with E-state index in [4.69, 9.17) is 9.84 Å². The first-order valence-electron chi connectivity index (χ1n) is 6.64. The van der Waals surface area contributed by atoms with Gasteiger partial charge in [0.2, 0.25) is 0 Å². The number of aliphatic carboxylic acids is 1. The van der Waals surface area contributed by atoms with E-state index in [0.29, 0.717) is 44.0 Å². The van der Waals surface area contributed by atoms with Gasteiger partial charge in [-0.05, 0) is 24.1 Å². The maximum Gasteiger partial charge on any atom is 0.307 e. The Morgan fingerprint density at radius 3 is 2.90 bits per heavy atom. The molecule has 0 radical (unpaired) electrons. The molecule has 8 heteroatoms. The van der Waals surface area contributed by atoms with Crippen LogP contribution in [0.15, 0.2) is 24.3 Å². The van der Waals surface area contributed by atoms with Crippen molar-refractivity contribution < 1.29 is 23.1 Å². The Morgan fingerprint density at radius 1 is 1.33 bits per heavy atom. The molecule has 0 amide bonds. The van der Waals surface area contributed by atoms with Gasteiger partial charge in [0.1, 0.15) is 0 Å². The molecular weight excluding hydrogens is 296 g/mol. The highest BCUT2D eigenvalue weighted by Gasteiger charge is 2.23. The van der Waals surface area contributed by atoms with E-state index in [1.807, 2.05) is 0 Å². The van der Waals surface area contributed by atoms with Gasteiger partial charge in [0.25, 0.3) is 0 Å². The standard InChI is InChI=1S/C13H18N2O5S/c16-13(17)10-11-3-1-4-12(9-11)14-21(18,19)15-5-2-7-20-8-6-15/h1,3-4,9,14H,2,5-8,10H2,(H,16,17). The van der Waals surface area contributed by atoms with Gasteiger partial charge in [0.05, 0.1) is 18.7 Å². The number of hydrogen-bond donors (Lipinski definition) is 2. The fourth-order valence-electron chi connectivity index (χ4n) is 2.10. The third kappa shape index (κ3) is 4.69. The van der Waals surface area contributed by atoms with Gasteiger partial charge in [-0.2, -0.15) is 12.7 Å². The summed E-state index contributed by atoms with van der Waals surface area (Å²) in [6.07, 6.45) is 0.507. The number of benzene rings is 1. The van der Waals surface area contributed by atoms with Gasteiger partial charge in [0.15, 0.2) is 0 Å². The van der Waals surface area contributed by atoms with E-state index in [1.165, 1.54) is 10.4 Å². The summed E-state index contributed by atoms with van der Waals surface area (Å²) in [5.74, 6) is -0.959. The number of carboxylic acid groups (broad SMARTS) is 1. The summed E-state index contributed by atoms with van der Waals surface area (Å²) in [7, 11) is -3.65. The zero-order valence-corrected chi connectivity index (χ0v) is 12.3. The summed E-state index contributed by atoms with van der Waals surface area (Å²) < 4.78 is 33.6. The van der Waals surface area contributed by atoms with E-state index < -0.39 is 16.2 Å². The van der Waals surface area contributed by atoms with Crippen LogP contribution < -0.4 is 4.72 Å². The van der Waals surface area contributed by atoms with E-state index in [0.717, 1.165) is 0 Å². The molecule has 0 spiro atoms. The van der Waals surface area contributed by atoms with Crippen molar-refractivity contribution in [3.8, 4) is 0 Å². The molecule has 1 aliphatic rings. The summed E-state index contributed by atoms with van der Waals surface area (Å²) in [6.45, 7) is 1.65. The number of nitrogens with one attached hydrogen (secondary N) is 1. The number of rotatable bonds is 5. The fourth-order valence-corrected chi connectivity index (χ4v) is 3.33. The minimum atomic E-state index is -3.65. The first-order chi connectivity index (χ1) is 9.97. The second kappa shape index (κ2) is 6.88. The molecule has 1 saturated heterocycles. The molecule has 21 heavy (non-hydrogen) atoms. The van der Waals surface area contributed by atoms with Gasteiger partial charge in [-0.3, -0.25) is 9.52 Å². The van der Waals surface area contributed by atoms with Crippen LogP contribution in [0, 0.1) is 0 Å². The third-order valence-corrected chi connectivity index (χ3v) is 4.59. The van der Waals surface area contributed by atoms with Crippen LogP contribution in [0.3, 0.4) is 0 Å². The molecule has 2 rings (SSSR count). The molecule has 7 nitrogen and oxygen atoms in total. The smallest absolute Gasteiger partial charge is 0.307 e. The van der Waals surface area contributed by atoms with Crippen molar-refractivity contribution in [3.05, 3.63) is 29.8 Å². The summed E-state index contributed by atoms with van der Waals surface area (Å²) in [4.78, 5) is 10.7. The highest BCUT2D eigenvalue weighted by atomic mass is 32.2. The largest absolute Gasteiger partial charge is 0.481 e. The molecule has 0 bridgehead atoms. The van der Waals surface area contributed by atoms with E-state index >= 15 is 0 Å². The second-order valence-electron chi connectivity index (χ2n) is 4.74. The molecule has 2 N–H and O–H groups in total. The van der Waals surface area contributed by atoms with Crippen molar-refractivity contribution >= 4 is 21.9 Å². The number of carboxylic acids is 1. The SMILES string of the molecule is O=C(O)Cc1cccc(NS(=O)(=O)N2CCCOCC2)c1. The van der Waals surface area contributed by atoms with Crippen LogP contribution in [0.25, 0.3) is 0 Å². The van der Waals surface area contributed by atoms with Gasteiger partial charge in [-0.1, -0.05) is 12.1 Å². The molecule has 0 unspecified atom stereocenters. The summed E-state index contributed by atoms with van der Waals surface area (Å²) in [5.41, 5.74) is 0.904. The number of anilines is 1. The van der Waals surface area contributed by atoms with Crippen molar-refractivity contribution in [1.29, 1.82) is 0 Å². The van der Waals surface area contributed by atoms with Crippen LogP contribution in [0.4, 0.5) is 5.69 Å². The Balaban J connectivity index is 2.10. The molecule has 0 aromatic heterocycles. The van der Waals surface area contributed by atoms with Crippen molar-refractivity contribution in [2.24, 2.45) is 0 Å². The van der Waals surface area contributed by atoms with E-state index in [2.05, 4.69) is 4.72 Å². The maximum atomic E-state index is 12.3. The molecule has 1 aromatic carbocycles. The number of carbonyl (C=O) groups is 1. The summed E-state index contributed by atoms with van der Waals surface area (Å²) in [6, 6.07) is 6.39. The second-order valence-corrected chi connectivity index (χ2v) is 6.41. The Bertz CT molecular complexity index is 594. The van der Waals surface area contributed by atoms with Gasteiger partial charge in [0, 0.05) is 19.7 Å². The zero-order chi connectivity index (χ0) is 15.3. The normalized spacial score (nSPS) is 17.1. The van der Waals surface area contributed by atoms with Crippen LogP contribution in [0.2, 0.25) is 0 Å². The predicted molar refractivity (Wildman–Crippen MR) is 77.3 cm³/mol. The molecule has 0 atom stereocenters.